The summed E-state index contributed by atoms with van der Waals surface area (Å²) in [5.74, 6) is 0. The number of aromatic nitrogens is 1. The zero-order chi connectivity index (χ0) is 10.3. The predicted molar refractivity (Wildman–Crippen MR) is 63.7 cm³/mol. The number of aromatic amines is 1. The highest BCUT2D eigenvalue weighted by molar-refractivity contribution is 6.06. The van der Waals surface area contributed by atoms with Gasteiger partial charge >= 0.3 is 0 Å². The second-order valence-corrected chi connectivity index (χ2v) is 3.73. The highest BCUT2D eigenvalue weighted by Gasteiger charge is 2.04. The summed E-state index contributed by atoms with van der Waals surface area (Å²) >= 11 is 0. The minimum atomic E-state index is 0.582. The van der Waals surface area contributed by atoms with E-state index in [1.54, 1.807) is 0 Å². The van der Waals surface area contributed by atoms with Gasteiger partial charge in [-0.15, -0.1) is 0 Å². The number of benzene rings is 2. The fourth-order valence-corrected chi connectivity index (χ4v) is 2.10. The number of nitrogens with two attached hydrogens (primary N) is 1. The molecule has 0 fully saturated rings. The fourth-order valence-electron chi connectivity index (χ4n) is 2.10. The maximum absolute atomic E-state index is 5.68. The third-order valence-corrected chi connectivity index (χ3v) is 2.89. The van der Waals surface area contributed by atoms with Crippen LogP contribution in [-0.4, -0.2) is 4.98 Å². The van der Waals surface area contributed by atoms with Gasteiger partial charge in [-0.1, -0.05) is 36.4 Å². The Labute approximate surface area is 87.7 Å². The van der Waals surface area contributed by atoms with E-state index in [9.17, 15) is 0 Å². The lowest BCUT2D eigenvalue weighted by molar-refractivity contribution is 1.08. The molecule has 0 saturated heterocycles. The second kappa shape index (κ2) is 3.11. The zero-order valence-electron chi connectivity index (χ0n) is 8.33. The van der Waals surface area contributed by atoms with Gasteiger partial charge in [0.1, 0.15) is 0 Å². The van der Waals surface area contributed by atoms with E-state index in [1.165, 1.54) is 27.2 Å². The summed E-state index contributed by atoms with van der Waals surface area (Å²) in [6.07, 6.45) is 2.00. The van der Waals surface area contributed by atoms with Gasteiger partial charge in [0.15, 0.2) is 0 Å². The van der Waals surface area contributed by atoms with E-state index in [0.717, 1.165) is 0 Å². The summed E-state index contributed by atoms with van der Waals surface area (Å²) < 4.78 is 0. The Kier molecular flexibility index (Phi) is 1.76. The van der Waals surface area contributed by atoms with Crippen molar-refractivity contribution in [2.24, 2.45) is 5.73 Å². The molecule has 2 nitrogen and oxygen atoms in total. The minimum absolute atomic E-state index is 0.582. The molecule has 0 amide bonds. The maximum Gasteiger partial charge on any atom is 0.0536 e. The van der Waals surface area contributed by atoms with Crippen molar-refractivity contribution in [1.82, 2.24) is 4.98 Å². The van der Waals surface area contributed by atoms with Gasteiger partial charge in [0.25, 0.3) is 0 Å². The van der Waals surface area contributed by atoms with Crippen molar-refractivity contribution < 1.29 is 0 Å². The van der Waals surface area contributed by atoms with Crippen molar-refractivity contribution in [3.8, 4) is 0 Å². The lowest BCUT2D eigenvalue weighted by atomic mass is 10.1. The Morgan fingerprint density at radius 1 is 1.00 bits per heavy atom. The molecule has 2 aromatic carbocycles. The lowest BCUT2D eigenvalue weighted by Gasteiger charge is -1.99. The largest absolute Gasteiger partial charge is 0.360 e. The van der Waals surface area contributed by atoms with Gasteiger partial charge in [0.05, 0.1) is 5.52 Å². The van der Waals surface area contributed by atoms with Gasteiger partial charge < -0.3 is 10.7 Å². The van der Waals surface area contributed by atoms with E-state index in [-0.39, 0.29) is 0 Å². The molecule has 1 aromatic heterocycles. The van der Waals surface area contributed by atoms with Crippen LogP contribution in [0.1, 0.15) is 5.56 Å². The number of hydrogen-bond donors (Lipinski definition) is 2. The average molecular weight is 196 g/mol. The van der Waals surface area contributed by atoms with Crippen molar-refractivity contribution in [3.63, 3.8) is 0 Å². The molecule has 1 heterocycles. The van der Waals surface area contributed by atoms with Gasteiger partial charge in [-0.05, 0) is 10.9 Å². The summed E-state index contributed by atoms with van der Waals surface area (Å²) in [6.45, 7) is 0.582. The predicted octanol–water partition coefficient (Wildman–Crippen LogP) is 2.78. The van der Waals surface area contributed by atoms with Crippen molar-refractivity contribution in [2.75, 3.05) is 0 Å². The SMILES string of the molecule is NCc1c[nH]c2c1ccc1ccccc12. The Morgan fingerprint density at radius 3 is 2.73 bits per heavy atom. The fraction of sp³-hybridized carbons (Fsp3) is 0.0769. The summed E-state index contributed by atoms with van der Waals surface area (Å²) in [6, 6.07) is 12.7. The topological polar surface area (TPSA) is 41.8 Å². The molecule has 0 atom stereocenters. The first kappa shape index (κ1) is 8.50. The third kappa shape index (κ3) is 1.15. The van der Waals surface area contributed by atoms with Crippen LogP contribution in [0.15, 0.2) is 42.6 Å². The third-order valence-electron chi connectivity index (χ3n) is 2.89. The van der Waals surface area contributed by atoms with Gasteiger partial charge in [0.2, 0.25) is 0 Å². The average Bonchev–Trinajstić information content (AvgIpc) is 2.72. The van der Waals surface area contributed by atoms with Gasteiger partial charge in [-0.3, -0.25) is 0 Å². The second-order valence-electron chi connectivity index (χ2n) is 3.73. The summed E-state index contributed by atoms with van der Waals surface area (Å²) in [5.41, 5.74) is 8.05. The molecule has 0 bridgehead atoms. The zero-order valence-corrected chi connectivity index (χ0v) is 8.33. The molecule has 0 aliphatic rings. The van der Waals surface area contributed by atoms with Crippen LogP contribution < -0.4 is 5.73 Å². The smallest absolute Gasteiger partial charge is 0.0536 e. The molecule has 74 valence electrons. The quantitative estimate of drug-likeness (QED) is 0.617. The standard InChI is InChI=1S/C13H12N2/c14-7-10-8-15-13-11-4-2-1-3-9(11)5-6-12(10)13/h1-6,8,15H,7,14H2. The molecule has 15 heavy (non-hydrogen) atoms. The summed E-state index contributed by atoms with van der Waals surface area (Å²) in [5, 5.41) is 3.75. The summed E-state index contributed by atoms with van der Waals surface area (Å²) in [4.78, 5) is 3.30. The van der Waals surface area contributed by atoms with Crippen LogP contribution in [0.25, 0.3) is 21.7 Å². The molecule has 0 spiro atoms. The lowest BCUT2D eigenvalue weighted by Crippen LogP contribution is -1.93. The first-order valence-corrected chi connectivity index (χ1v) is 5.08. The first-order chi connectivity index (χ1) is 7.40. The minimum Gasteiger partial charge on any atom is -0.360 e. The molecule has 0 aliphatic carbocycles. The van der Waals surface area contributed by atoms with E-state index in [1.807, 2.05) is 6.20 Å². The Bertz CT molecular complexity index is 623. The van der Waals surface area contributed by atoms with E-state index >= 15 is 0 Å². The number of fused-ring (bicyclic) bond motifs is 3. The van der Waals surface area contributed by atoms with E-state index < -0.39 is 0 Å². The highest BCUT2D eigenvalue weighted by Crippen LogP contribution is 2.26. The first-order valence-electron chi connectivity index (χ1n) is 5.08. The van der Waals surface area contributed by atoms with Crippen molar-refractivity contribution in [3.05, 3.63) is 48.2 Å². The Hall–Kier alpha value is -1.80. The number of hydrogen-bond acceptors (Lipinski definition) is 1. The number of H-pyrrole nitrogens is 1. The van der Waals surface area contributed by atoms with Gasteiger partial charge in [-0.2, -0.15) is 0 Å². The molecule has 3 rings (SSSR count). The van der Waals surface area contributed by atoms with E-state index in [2.05, 4.69) is 41.4 Å². The number of nitrogens with one attached hydrogen (secondary N) is 1. The molecule has 0 radical (unpaired) electrons. The van der Waals surface area contributed by atoms with Crippen LogP contribution in [0, 0.1) is 0 Å². The van der Waals surface area contributed by atoms with Crippen molar-refractivity contribution in [1.29, 1.82) is 0 Å². The van der Waals surface area contributed by atoms with Crippen LogP contribution in [0.5, 0.6) is 0 Å². The van der Waals surface area contributed by atoms with Crippen LogP contribution in [-0.2, 0) is 6.54 Å². The Morgan fingerprint density at radius 2 is 1.87 bits per heavy atom. The molecule has 0 aliphatic heterocycles. The Balaban J connectivity index is 2.50. The molecule has 0 unspecified atom stereocenters. The van der Waals surface area contributed by atoms with Crippen LogP contribution in [0.2, 0.25) is 0 Å². The van der Waals surface area contributed by atoms with Gasteiger partial charge in [0, 0.05) is 23.5 Å². The van der Waals surface area contributed by atoms with Crippen molar-refractivity contribution in [2.45, 2.75) is 6.54 Å². The van der Waals surface area contributed by atoms with E-state index in [0.29, 0.717) is 6.54 Å². The maximum atomic E-state index is 5.68. The van der Waals surface area contributed by atoms with Crippen LogP contribution >= 0.6 is 0 Å². The highest BCUT2D eigenvalue weighted by atomic mass is 14.7. The number of rotatable bonds is 1. The van der Waals surface area contributed by atoms with Gasteiger partial charge in [-0.25, -0.2) is 0 Å². The van der Waals surface area contributed by atoms with Crippen LogP contribution in [0.3, 0.4) is 0 Å². The monoisotopic (exact) mass is 196 g/mol. The molecule has 2 heteroatoms. The molecular formula is C13H12N2. The molecule has 3 aromatic rings. The normalized spacial score (nSPS) is 11.3. The molecular weight excluding hydrogens is 184 g/mol. The van der Waals surface area contributed by atoms with E-state index in [4.69, 9.17) is 5.73 Å². The molecule has 3 N–H and O–H groups in total. The summed E-state index contributed by atoms with van der Waals surface area (Å²) in [7, 11) is 0. The van der Waals surface area contributed by atoms with Crippen LogP contribution in [0.4, 0.5) is 0 Å². The molecule has 0 saturated carbocycles. The van der Waals surface area contributed by atoms with Crippen molar-refractivity contribution >= 4 is 21.7 Å².